The van der Waals surface area contributed by atoms with Gasteiger partial charge in [-0.2, -0.15) is 0 Å². The van der Waals surface area contributed by atoms with Gasteiger partial charge in [0, 0.05) is 55.7 Å². The van der Waals surface area contributed by atoms with E-state index < -0.39 is 0 Å². The molecule has 47 heavy (non-hydrogen) atoms. The van der Waals surface area contributed by atoms with Gasteiger partial charge >= 0.3 is 0 Å². The molecule has 1 unspecified atom stereocenters. The van der Waals surface area contributed by atoms with Crippen molar-refractivity contribution in [3.8, 4) is 57.0 Å². The molecule has 2 aromatic carbocycles. The fraction of sp³-hybridized carbons (Fsp3) is 0.353. The molecule has 1 N–H and O–H groups in total. The van der Waals surface area contributed by atoms with E-state index in [1.807, 2.05) is 42.7 Å². The lowest BCUT2D eigenvalue weighted by molar-refractivity contribution is 0.320. The quantitative estimate of drug-likeness (QED) is 0.166. The summed E-state index contributed by atoms with van der Waals surface area (Å²) in [4.78, 5) is 11.7. The molecule has 0 saturated carbocycles. The zero-order chi connectivity index (χ0) is 31.1. The minimum absolute atomic E-state index is 0. The van der Waals surface area contributed by atoms with Crippen LogP contribution in [0.25, 0.3) is 22.5 Å². The predicted molar refractivity (Wildman–Crippen MR) is 191 cm³/mol. The van der Waals surface area contributed by atoms with E-state index in [0.717, 1.165) is 60.7 Å². The number of halogens is 3. The van der Waals surface area contributed by atoms with Crippen molar-refractivity contribution in [2.45, 2.75) is 25.6 Å². The molecular formula is C34H43Cl3N4O6. The average Bonchev–Trinajstić information content (AvgIpc) is 3.52. The Morgan fingerprint density at radius 3 is 1.53 bits per heavy atom. The summed E-state index contributed by atoms with van der Waals surface area (Å²) in [6, 6.07) is 16.4. The summed E-state index contributed by atoms with van der Waals surface area (Å²) in [7, 11) is 9.66. The molecular weight excluding hydrogens is 667 g/mol. The molecule has 0 amide bonds. The first kappa shape index (κ1) is 39.5. The normalized spacial score (nSPS) is 13.8. The molecule has 10 nitrogen and oxygen atoms in total. The van der Waals surface area contributed by atoms with Crippen molar-refractivity contribution in [1.82, 2.24) is 20.2 Å². The number of hydrogen-bond acceptors (Lipinski definition) is 10. The van der Waals surface area contributed by atoms with Gasteiger partial charge in [-0.05, 0) is 66.1 Å². The first-order valence-corrected chi connectivity index (χ1v) is 14.5. The molecule has 0 spiro atoms. The van der Waals surface area contributed by atoms with Crippen LogP contribution in [-0.4, -0.2) is 76.7 Å². The van der Waals surface area contributed by atoms with Gasteiger partial charge in [0.25, 0.3) is 0 Å². The van der Waals surface area contributed by atoms with Crippen LogP contribution in [0.2, 0.25) is 0 Å². The van der Waals surface area contributed by atoms with E-state index in [1.54, 1.807) is 42.7 Å². The highest BCUT2D eigenvalue weighted by Crippen LogP contribution is 2.42. The Bertz CT molecular complexity index is 1550. The first-order valence-electron chi connectivity index (χ1n) is 14.5. The summed E-state index contributed by atoms with van der Waals surface area (Å²) < 4.78 is 33.1. The fourth-order valence-corrected chi connectivity index (χ4v) is 5.59. The van der Waals surface area contributed by atoms with Crippen LogP contribution >= 0.6 is 37.2 Å². The first-order chi connectivity index (χ1) is 21.5. The van der Waals surface area contributed by atoms with E-state index in [1.165, 1.54) is 5.56 Å². The van der Waals surface area contributed by atoms with E-state index in [2.05, 4.69) is 38.4 Å². The number of aromatic nitrogens is 2. The highest BCUT2D eigenvalue weighted by molar-refractivity contribution is 5.86. The molecule has 1 fully saturated rings. The van der Waals surface area contributed by atoms with E-state index in [0.29, 0.717) is 40.5 Å². The number of likely N-dealkylation sites (tertiary alicyclic amines) is 1. The summed E-state index contributed by atoms with van der Waals surface area (Å²) >= 11 is 0. The maximum atomic E-state index is 5.54. The van der Waals surface area contributed by atoms with E-state index in [4.69, 9.17) is 28.4 Å². The number of methoxy groups -OCH3 is 6. The van der Waals surface area contributed by atoms with Gasteiger partial charge < -0.3 is 33.7 Å². The van der Waals surface area contributed by atoms with E-state index in [-0.39, 0.29) is 37.2 Å². The predicted octanol–water partition coefficient (Wildman–Crippen LogP) is 6.49. The average molecular weight is 710 g/mol. The van der Waals surface area contributed by atoms with E-state index >= 15 is 0 Å². The Morgan fingerprint density at radius 1 is 0.638 bits per heavy atom. The third-order valence-electron chi connectivity index (χ3n) is 7.84. The number of nitrogens with zero attached hydrogens (tertiary/aromatic N) is 3. The molecule has 1 saturated heterocycles. The molecule has 256 valence electrons. The van der Waals surface area contributed by atoms with Crippen molar-refractivity contribution in [3.05, 3.63) is 72.1 Å². The maximum Gasteiger partial charge on any atom is 0.203 e. The largest absolute Gasteiger partial charge is 0.493 e. The smallest absolute Gasteiger partial charge is 0.203 e. The lowest BCUT2D eigenvalue weighted by atomic mass is 10.1. The van der Waals surface area contributed by atoms with Gasteiger partial charge in [-0.3, -0.25) is 14.9 Å². The number of nitrogens with one attached hydrogen (secondary N) is 1. The molecule has 3 heterocycles. The molecule has 13 heteroatoms. The minimum atomic E-state index is 0. The number of rotatable bonds is 13. The van der Waals surface area contributed by atoms with Crippen LogP contribution in [0.5, 0.6) is 34.5 Å². The van der Waals surface area contributed by atoms with Crippen LogP contribution < -0.4 is 33.7 Å². The Labute approximate surface area is 295 Å². The van der Waals surface area contributed by atoms with Crippen LogP contribution in [0.3, 0.4) is 0 Å². The van der Waals surface area contributed by atoms with Crippen LogP contribution in [-0.2, 0) is 13.1 Å². The van der Waals surface area contributed by atoms with Crippen molar-refractivity contribution in [2.75, 3.05) is 55.7 Å². The molecule has 4 aromatic rings. The van der Waals surface area contributed by atoms with Gasteiger partial charge in [0.15, 0.2) is 23.0 Å². The monoisotopic (exact) mass is 708 g/mol. The fourth-order valence-electron chi connectivity index (χ4n) is 5.59. The van der Waals surface area contributed by atoms with Gasteiger partial charge in [-0.15, -0.1) is 37.2 Å². The molecule has 0 bridgehead atoms. The van der Waals surface area contributed by atoms with Crippen molar-refractivity contribution < 1.29 is 28.4 Å². The molecule has 2 aromatic heterocycles. The second-order valence-electron chi connectivity index (χ2n) is 10.5. The van der Waals surface area contributed by atoms with Gasteiger partial charge in [-0.25, -0.2) is 0 Å². The van der Waals surface area contributed by atoms with Gasteiger partial charge in [0.2, 0.25) is 11.5 Å². The third-order valence-corrected chi connectivity index (χ3v) is 7.84. The number of benzene rings is 2. The summed E-state index contributed by atoms with van der Waals surface area (Å²) in [5.41, 5.74) is 5.87. The molecule has 0 radical (unpaired) electrons. The standard InChI is InChI=1S/C34H40N4O6.3ClH/c1-39-29-15-24(16-30(40-2)33(29)43-5)27-13-22(7-10-35-27)19-37-26-9-12-38(21-26)20-23-8-11-36-28(14-23)25-17-31(41-3)34(44-6)32(18-25)42-4;;;/h7-8,10-11,13-18,26,37H,9,12,19-21H2,1-6H3;3*1H. The number of pyridine rings is 2. The lowest BCUT2D eigenvalue weighted by Crippen LogP contribution is -2.32. The summed E-state index contributed by atoms with van der Waals surface area (Å²) in [5.74, 6) is 3.53. The Morgan fingerprint density at radius 2 is 1.09 bits per heavy atom. The number of hydrogen-bond donors (Lipinski definition) is 1. The molecule has 1 atom stereocenters. The Hall–Kier alpha value is -3.67. The maximum absolute atomic E-state index is 5.54. The summed E-state index contributed by atoms with van der Waals surface area (Å²) in [6.07, 6.45) is 4.77. The van der Waals surface area contributed by atoms with Crippen molar-refractivity contribution in [2.24, 2.45) is 0 Å². The number of ether oxygens (including phenoxy) is 6. The van der Waals surface area contributed by atoms with Crippen LogP contribution in [0.1, 0.15) is 17.5 Å². The molecule has 5 rings (SSSR count). The van der Waals surface area contributed by atoms with Crippen LogP contribution in [0, 0.1) is 0 Å². The van der Waals surface area contributed by atoms with Crippen LogP contribution in [0.15, 0.2) is 60.9 Å². The lowest BCUT2D eigenvalue weighted by Gasteiger charge is -2.18. The second-order valence-corrected chi connectivity index (χ2v) is 10.5. The highest BCUT2D eigenvalue weighted by Gasteiger charge is 2.23. The zero-order valence-electron chi connectivity index (χ0n) is 27.4. The topological polar surface area (TPSA) is 96.4 Å². The van der Waals surface area contributed by atoms with Crippen molar-refractivity contribution in [3.63, 3.8) is 0 Å². The van der Waals surface area contributed by atoms with Crippen LogP contribution in [0.4, 0.5) is 0 Å². The summed E-state index contributed by atoms with van der Waals surface area (Å²) in [5, 5.41) is 3.74. The van der Waals surface area contributed by atoms with Crippen molar-refractivity contribution >= 4 is 37.2 Å². The molecule has 0 aliphatic carbocycles. The van der Waals surface area contributed by atoms with Gasteiger partial charge in [-0.1, -0.05) is 0 Å². The Kier molecular flexibility index (Phi) is 15.6. The SMILES string of the molecule is COc1cc(-c2cc(CNC3CCN(Cc4ccnc(-c5cc(OC)c(OC)c(OC)c5)c4)C3)ccn2)cc(OC)c1OC.Cl.Cl.Cl. The highest BCUT2D eigenvalue weighted by atomic mass is 35.5. The molecule has 1 aliphatic rings. The van der Waals surface area contributed by atoms with Gasteiger partial charge in [0.05, 0.1) is 54.0 Å². The minimum Gasteiger partial charge on any atom is -0.493 e. The van der Waals surface area contributed by atoms with Crippen molar-refractivity contribution in [1.29, 1.82) is 0 Å². The van der Waals surface area contributed by atoms with E-state index in [9.17, 15) is 0 Å². The second kappa shape index (κ2) is 18.6. The Balaban J connectivity index is 0.00000256. The van der Waals surface area contributed by atoms with Gasteiger partial charge in [0.1, 0.15) is 0 Å². The third kappa shape index (κ3) is 9.24. The zero-order valence-corrected chi connectivity index (χ0v) is 29.9. The molecule has 1 aliphatic heterocycles. The summed E-state index contributed by atoms with van der Waals surface area (Å²) in [6.45, 7) is 3.58.